The molecule has 0 fully saturated rings. The maximum atomic E-state index is 12.0. The summed E-state index contributed by atoms with van der Waals surface area (Å²) in [7, 11) is 0. The van der Waals surface area contributed by atoms with E-state index in [1.165, 1.54) is 12.1 Å². The van der Waals surface area contributed by atoms with Crippen molar-refractivity contribution in [3.05, 3.63) is 67.1 Å². The summed E-state index contributed by atoms with van der Waals surface area (Å²) in [5.41, 5.74) is 0.406. The summed E-state index contributed by atoms with van der Waals surface area (Å²) in [6.45, 7) is -0.193. The molecule has 0 aliphatic rings. The molecular weight excluding hydrogens is 406 g/mol. The van der Waals surface area contributed by atoms with Crippen molar-refractivity contribution < 1.29 is 14.5 Å². The minimum absolute atomic E-state index is 0.108. The Bertz CT molecular complexity index is 686. The van der Waals surface area contributed by atoms with Crippen molar-refractivity contribution in [3.8, 4) is 5.75 Å². The molecule has 2 rings (SSSR count). The Kier molecular flexibility index (Phi) is 5.08. The third kappa shape index (κ3) is 3.89. The zero-order valence-electron chi connectivity index (χ0n) is 10.6. The van der Waals surface area contributed by atoms with Crippen LogP contribution in [0.15, 0.2) is 51.4 Å². The summed E-state index contributed by atoms with van der Waals surface area (Å²) in [5, 5.41) is 10.8. The largest absolute Gasteiger partial charge is 0.484 e. The Labute approximate surface area is 137 Å². The number of benzene rings is 2. The molecule has 0 saturated heterocycles. The van der Waals surface area contributed by atoms with Crippen LogP contribution in [0.2, 0.25) is 0 Å². The van der Waals surface area contributed by atoms with E-state index in [1.54, 1.807) is 30.3 Å². The normalized spacial score (nSPS) is 10.2. The number of hydrogen-bond donors (Lipinski definition) is 0. The van der Waals surface area contributed by atoms with Crippen molar-refractivity contribution in [2.75, 3.05) is 6.61 Å². The zero-order valence-corrected chi connectivity index (χ0v) is 13.8. The second kappa shape index (κ2) is 6.82. The minimum Gasteiger partial charge on any atom is -0.484 e. The van der Waals surface area contributed by atoms with Gasteiger partial charge in [-0.2, -0.15) is 0 Å². The number of carbonyl (C=O) groups excluding carboxylic acids is 1. The van der Waals surface area contributed by atoms with E-state index in [1.807, 2.05) is 0 Å². The molecule has 0 spiro atoms. The Morgan fingerprint density at radius 2 is 1.81 bits per heavy atom. The molecule has 21 heavy (non-hydrogen) atoms. The Morgan fingerprint density at radius 1 is 1.14 bits per heavy atom. The first-order valence-corrected chi connectivity index (χ1v) is 7.42. The number of nitro benzene ring substituents is 1. The van der Waals surface area contributed by atoms with Crippen LogP contribution in [0, 0.1) is 10.1 Å². The lowest BCUT2D eigenvalue weighted by atomic mass is 10.1. The molecule has 0 aliphatic heterocycles. The van der Waals surface area contributed by atoms with E-state index in [-0.39, 0.29) is 28.3 Å². The van der Waals surface area contributed by atoms with Gasteiger partial charge < -0.3 is 4.74 Å². The van der Waals surface area contributed by atoms with E-state index in [2.05, 4.69) is 31.9 Å². The average Bonchev–Trinajstić information content (AvgIpc) is 2.46. The number of nitro groups is 1. The van der Waals surface area contributed by atoms with Gasteiger partial charge in [-0.05, 0) is 34.1 Å². The van der Waals surface area contributed by atoms with Crippen molar-refractivity contribution in [2.24, 2.45) is 0 Å². The van der Waals surface area contributed by atoms with Crippen LogP contribution in [0.1, 0.15) is 10.4 Å². The lowest BCUT2D eigenvalue weighted by molar-refractivity contribution is -0.385. The molecule has 5 nitrogen and oxygen atoms in total. The first kappa shape index (κ1) is 15.7. The van der Waals surface area contributed by atoms with E-state index in [0.717, 1.165) is 4.47 Å². The van der Waals surface area contributed by atoms with Crippen LogP contribution in [0.4, 0.5) is 5.69 Å². The third-order valence-electron chi connectivity index (χ3n) is 2.66. The monoisotopic (exact) mass is 413 g/mol. The van der Waals surface area contributed by atoms with Crippen LogP contribution in [0.25, 0.3) is 0 Å². The van der Waals surface area contributed by atoms with Crippen molar-refractivity contribution in [2.45, 2.75) is 0 Å². The molecule has 108 valence electrons. The van der Waals surface area contributed by atoms with Crippen molar-refractivity contribution in [1.29, 1.82) is 0 Å². The van der Waals surface area contributed by atoms with Crippen LogP contribution in [0.3, 0.4) is 0 Å². The summed E-state index contributed by atoms with van der Waals surface area (Å²) >= 11 is 6.40. The molecule has 0 bridgehead atoms. The topological polar surface area (TPSA) is 69.4 Å². The fourth-order valence-corrected chi connectivity index (χ4v) is 2.40. The quantitative estimate of drug-likeness (QED) is 0.413. The lowest BCUT2D eigenvalue weighted by Crippen LogP contribution is -2.11. The Hall–Kier alpha value is -1.73. The molecule has 2 aromatic carbocycles. The number of Topliss-reactive ketones (excluding diaryl/α,β-unsaturated/α-hetero) is 1. The molecule has 0 saturated carbocycles. The van der Waals surface area contributed by atoms with Gasteiger partial charge in [-0.25, -0.2) is 0 Å². The fraction of sp³-hybridized carbons (Fsp3) is 0.0714. The number of rotatable bonds is 5. The molecule has 7 heteroatoms. The summed E-state index contributed by atoms with van der Waals surface area (Å²) < 4.78 is 6.46. The van der Waals surface area contributed by atoms with Gasteiger partial charge in [0.1, 0.15) is 10.2 Å². The first-order valence-electron chi connectivity index (χ1n) is 5.83. The summed E-state index contributed by atoms with van der Waals surface area (Å²) in [6, 6.07) is 11.3. The molecular formula is C14H9Br2NO4. The molecule has 0 atom stereocenters. The maximum absolute atomic E-state index is 12.0. The van der Waals surface area contributed by atoms with Gasteiger partial charge in [0.25, 0.3) is 5.69 Å². The fourth-order valence-electron chi connectivity index (χ4n) is 1.61. The van der Waals surface area contributed by atoms with E-state index in [4.69, 9.17) is 4.74 Å². The second-order valence-corrected chi connectivity index (χ2v) is 5.77. The van der Waals surface area contributed by atoms with E-state index >= 15 is 0 Å². The molecule has 0 amide bonds. The molecule has 0 radical (unpaired) electrons. The average molecular weight is 415 g/mol. The van der Waals surface area contributed by atoms with Gasteiger partial charge in [0.2, 0.25) is 0 Å². The van der Waals surface area contributed by atoms with Crippen LogP contribution in [0.5, 0.6) is 5.75 Å². The smallest absolute Gasteiger partial charge is 0.287 e. The molecule has 0 aliphatic carbocycles. The highest BCUT2D eigenvalue weighted by atomic mass is 79.9. The predicted octanol–water partition coefficient (Wildman–Crippen LogP) is 4.38. The number of halogens is 2. The highest BCUT2D eigenvalue weighted by molar-refractivity contribution is 9.11. The zero-order chi connectivity index (χ0) is 15.4. The summed E-state index contributed by atoms with van der Waals surface area (Å²) in [5.74, 6) is 0.0515. The molecule has 0 unspecified atom stereocenters. The molecule has 0 heterocycles. The van der Waals surface area contributed by atoms with Crippen LogP contribution < -0.4 is 4.74 Å². The van der Waals surface area contributed by atoms with Crippen LogP contribution >= 0.6 is 31.9 Å². The van der Waals surface area contributed by atoms with Gasteiger partial charge in [-0.1, -0.05) is 34.1 Å². The molecule has 2 aromatic rings. The standard InChI is InChI=1S/C14H9Br2NO4/c15-10-6-4-9(5-7-10)12(18)8-21-13-3-1-2-11(14(13)16)17(19)20/h1-7H,8H2. The van der Waals surface area contributed by atoms with Crippen LogP contribution in [-0.2, 0) is 0 Å². The van der Waals surface area contributed by atoms with Crippen molar-refractivity contribution in [1.82, 2.24) is 0 Å². The minimum atomic E-state index is -0.520. The highest BCUT2D eigenvalue weighted by Crippen LogP contribution is 2.33. The van der Waals surface area contributed by atoms with Gasteiger partial charge in [-0.3, -0.25) is 14.9 Å². The van der Waals surface area contributed by atoms with Crippen molar-refractivity contribution in [3.63, 3.8) is 0 Å². The van der Waals surface area contributed by atoms with Crippen LogP contribution in [-0.4, -0.2) is 17.3 Å². The van der Waals surface area contributed by atoms with Gasteiger partial charge in [0.15, 0.2) is 12.4 Å². The predicted molar refractivity (Wildman–Crippen MR) is 84.8 cm³/mol. The van der Waals surface area contributed by atoms with Gasteiger partial charge in [0.05, 0.1) is 4.92 Å². The Balaban J connectivity index is 2.10. The number of carbonyl (C=O) groups is 1. The number of nitrogens with zero attached hydrogens (tertiary/aromatic N) is 1. The molecule has 0 aromatic heterocycles. The molecule has 0 N–H and O–H groups in total. The van der Waals surface area contributed by atoms with E-state index < -0.39 is 4.92 Å². The lowest BCUT2D eigenvalue weighted by Gasteiger charge is -2.07. The summed E-state index contributed by atoms with van der Waals surface area (Å²) in [4.78, 5) is 22.3. The second-order valence-electron chi connectivity index (χ2n) is 4.07. The number of ether oxygens (including phenoxy) is 1. The SMILES string of the molecule is O=C(COc1cccc([N+](=O)[O-])c1Br)c1ccc(Br)cc1. The first-order chi connectivity index (χ1) is 9.99. The van der Waals surface area contributed by atoms with Gasteiger partial charge in [-0.15, -0.1) is 0 Å². The summed E-state index contributed by atoms with van der Waals surface area (Å²) in [6.07, 6.45) is 0. The van der Waals surface area contributed by atoms with E-state index in [9.17, 15) is 14.9 Å². The van der Waals surface area contributed by atoms with Gasteiger partial charge in [0, 0.05) is 16.1 Å². The van der Waals surface area contributed by atoms with Crippen molar-refractivity contribution >= 4 is 43.3 Å². The van der Waals surface area contributed by atoms with Gasteiger partial charge >= 0.3 is 0 Å². The maximum Gasteiger partial charge on any atom is 0.287 e. The highest BCUT2D eigenvalue weighted by Gasteiger charge is 2.16. The number of hydrogen-bond acceptors (Lipinski definition) is 4. The third-order valence-corrected chi connectivity index (χ3v) is 3.99. The Morgan fingerprint density at radius 3 is 2.43 bits per heavy atom. The van der Waals surface area contributed by atoms with E-state index in [0.29, 0.717) is 5.56 Å². The number of ketones is 1.